The van der Waals surface area contributed by atoms with E-state index >= 15 is 0 Å². The molecule has 156 valence electrons. The molecule has 0 saturated carbocycles. The fourth-order valence-electron chi connectivity index (χ4n) is 3.05. The second kappa shape index (κ2) is 10.2. The van der Waals surface area contributed by atoms with Crippen molar-refractivity contribution in [1.29, 1.82) is 0 Å². The third kappa shape index (κ3) is 5.31. The highest BCUT2D eigenvalue weighted by atomic mass is 35.5. The minimum absolute atomic E-state index is 0.0668. The summed E-state index contributed by atoms with van der Waals surface area (Å²) in [5.41, 5.74) is 2.64. The van der Waals surface area contributed by atoms with E-state index in [1.54, 1.807) is 6.20 Å². The van der Waals surface area contributed by atoms with Crippen molar-refractivity contribution in [3.63, 3.8) is 0 Å². The van der Waals surface area contributed by atoms with Crippen LogP contribution in [0.15, 0.2) is 84.1 Å². The molecule has 2 aromatic heterocycles. The number of aromatic nitrogens is 4. The number of nitrogens with one attached hydrogen (secondary N) is 1. The maximum Gasteiger partial charge on any atom is 0.230 e. The van der Waals surface area contributed by atoms with Gasteiger partial charge in [-0.25, -0.2) is 0 Å². The highest BCUT2D eigenvalue weighted by molar-refractivity contribution is 7.99. The summed E-state index contributed by atoms with van der Waals surface area (Å²) >= 11 is 7.74. The van der Waals surface area contributed by atoms with E-state index in [0.29, 0.717) is 29.0 Å². The van der Waals surface area contributed by atoms with Crippen LogP contribution in [0.4, 0.5) is 0 Å². The van der Waals surface area contributed by atoms with E-state index in [-0.39, 0.29) is 11.7 Å². The lowest BCUT2D eigenvalue weighted by molar-refractivity contribution is -0.118. The average Bonchev–Trinajstić information content (AvgIpc) is 3.23. The Kier molecular flexibility index (Phi) is 6.96. The van der Waals surface area contributed by atoms with Crippen LogP contribution in [0.2, 0.25) is 5.02 Å². The van der Waals surface area contributed by atoms with E-state index in [2.05, 4.69) is 20.5 Å². The monoisotopic (exact) mass is 449 g/mol. The number of pyridine rings is 1. The van der Waals surface area contributed by atoms with Gasteiger partial charge in [0.2, 0.25) is 5.91 Å². The maximum atomic E-state index is 12.4. The molecule has 0 spiro atoms. The van der Waals surface area contributed by atoms with Crippen molar-refractivity contribution in [3.8, 4) is 17.1 Å². The predicted molar refractivity (Wildman–Crippen MR) is 123 cm³/mol. The molecule has 0 atom stereocenters. The fraction of sp³-hybridized carbons (Fsp3) is 0.130. The van der Waals surface area contributed by atoms with Crippen molar-refractivity contribution in [3.05, 3.63) is 89.7 Å². The smallest absolute Gasteiger partial charge is 0.230 e. The zero-order valence-electron chi connectivity index (χ0n) is 16.6. The number of para-hydroxylation sites is 1. The molecule has 0 fully saturated rings. The first-order valence-electron chi connectivity index (χ1n) is 9.77. The standard InChI is InChI=1S/C23H20ClN5OS/c24-20-12-5-4-11-19(20)22-27-28-23(29(22)18-9-2-1-3-10-18)31-16-21(30)26-15-13-17-8-6-7-14-25-17/h1-12,14H,13,15-16H2,(H,26,30). The maximum absolute atomic E-state index is 12.4. The molecule has 1 N–H and O–H groups in total. The summed E-state index contributed by atoms with van der Waals surface area (Å²) in [6.07, 6.45) is 2.44. The van der Waals surface area contributed by atoms with Crippen LogP contribution >= 0.6 is 23.4 Å². The molecule has 0 unspecified atom stereocenters. The number of halogens is 1. The molecule has 2 aromatic carbocycles. The van der Waals surface area contributed by atoms with Crippen molar-refractivity contribution in [2.75, 3.05) is 12.3 Å². The van der Waals surface area contributed by atoms with E-state index in [0.717, 1.165) is 16.9 Å². The summed E-state index contributed by atoms with van der Waals surface area (Å²) in [5.74, 6) is 0.799. The van der Waals surface area contributed by atoms with Crippen LogP contribution in [-0.4, -0.2) is 38.0 Å². The van der Waals surface area contributed by atoms with Gasteiger partial charge in [0.15, 0.2) is 11.0 Å². The summed E-state index contributed by atoms with van der Waals surface area (Å²) in [5, 5.41) is 12.9. The highest BCUT2D eigenvalue weighted by Crippen LogP contribution is 2.31. The molecular weight excluding hydrogens is 430 g/mol. The van der Waals surface area contributed by atoms with Gasteiger partial charge in [-0.15, -0.1) is 10.2 Å². The minimum atomic E-state index is -0.0668. The third-order valence-electron chi connectivity index (χ3n) is 4.52. The molecule has 6 nitrogen and oxygen atoms in total. The van der Waals surface area contributed by atoms with Gasteiger partial charge in [-0.2, -0.15) is 0 Å². The molecule has 31 heavy (non-hydrogen) atoms. The van der Waals surface area contributed by atoms with Gasteiger partial charge in [0.25, 0.3) is 0 Å². The van der Waals surface area contributed by atoms with Crippen LogP contribution in [-0.2, 0) is 11.2 Å². The predicted octanol–water partition coefficient (Wildman–Crippen LogP) is 4.43. The van der Waals surface area contributed by atoms with Crippen LogP contribution in [0.5, 0.6) is 0 Å². The first-order valence-corrected chi connectivity index (χ1v) is 11.1. The van der Waals surface area contributed by atoms with Crippen molar-refractivity contribution in [1.82, 2.24) is 25.1 Å². The molecule has 0 bridgehead atoms. The zero-order chi connectivity index (χ0) is 21.5. The number of carbonyl (C=O) groups excluding carboxylic acids is 1. The van der Waals surface area contributed by atoms with Gasteiger partial charge in [0.05, 0.1) is 10.8 Å². The molecule has 0 radical (unpaired) electrons. The summed E-state index contributed by atoms with van der Waals surface area (Å²) in [6, 6.07) is 23.1. The van der Waals surface area contributed by atoms with Gasteiger partial charge in [0.1, 0.15) is 0 Å². The number of thioether (sulfide) groups is 1. The molecule has 0 saturated heterocycles. The number of hydrogen-bond donors (Lipinski definition) is 1. The molecule has 4 rings (SSSR count). The lowest BCUT2D eigenvalue weighted by Crippen LogP contribution is -2.27. The Labute approximate surface area is 189 Å². The van der Waals surface area contributed by atoms with Crippen molar-refractivity contribution < 1.29 is 4.79 Å². The van der Waals surface area contributed by atoms with Crippen LogP contribution in [0.3, 0.4) is 0 Å². The number of carbonyl (C=O) groups is 1. The minimum Gasteiger partial charge on any atom is -0.355 e. The second-order valence-electron chi connectivity index (χ2n) is 6.67. The lowest BCUT2D eigenvalue weighted by Gasteiger charge is -2.11. The van der Waals surface area contributed by atoms with Gasteiger partial charge in [-0.3, -0.25) is 14.3 Å². The second-order valence-corrected chi connectivity index (χ2v) is 8.02. The van der Waals surface area contributed by atoms with E-state index in [1.807, 2.05) is 77.4 Å². The number of rotatable bonds is 8. The number of amides is 1. The summed E-state index contributed by atoms with van der Waals surface area (Å²) in [7, 11) is 0. The van der Waals surface area contributed by atoms with Crippen LogP contribution in [0.25, 0.3) is 17.1 Å². The molecular formula is C23H20ClN5OS. The highest BCUT2D eigenvalue weighted by Gasteiger charge is 2.18. The van der Waals surface area contributed by atoms with Crippen molar-refractivity contribution in [2.45, 2.75) is 11.6 Å². The Morgan fingerprint density at radius 3 is 2.52 bits per heavy atom. The largest absolute Gasteiger partial charge is 0.355 e. The molecule has 2 heterocycles. The van der Waals surface area contributed by atoms with Gasteiger partial charge >= 0.3 is 0 Å². The van der Waals surface area contributed by atoms with E-state index in [4.69, 9.17) is 11.6 Å². The van der Waals surface area contributed by atoms with Crippen molar-refractivity contribution >= 4 is 29.3 Å². The summed E-state index contributed by atoms with van der Waals surface area (Å²) < 4.78 is 1.92. The number of hydrogen-bond acceptors (Lipinski definition) is 5. The molecule has 0 aliphatic heterocycles. The first kappa shape index (κ1) is 21.1. The fourth-order valence-corrected chi connectivity index (χ4v) is 4.05. The van der Waals surface area contributed by atoms with Gasteiger partial charge in [-0.1, -0.05) is 59.8 Å². The third-order valence-corrected chi connectivity index (χ3v) is 5.78. The Bertz CT molecular complexity index is 1150. The Balaban J connectivity index is 1.48. The Morgan fingerprint density at radius 1 is 0.968 bits per heavy atom. The SMILES string of the molecule is O=C(CSc1nnc(-c2ccccc2Cl)n1-c1ccccc1)NCCc1ccccn1. The quantitative estimate of drug-likeness (QED) is 0.403. The van der Waals surface area contributed by atoms with Crippen molar-refractivity contribution in [2.24, 2.45) is 0 Å². The van der Waals surface area contributed by atoms with Crippen LogP contribution in [0, 0.1) is 0 Å². The topological polar surface area (TPSA) is 72.7 Å². The van der Waals surface area contributed by atoms with Crippen LogP contribution in [0.1, 0.15) is 5.69 Å². The average molecular weight is 450 g/mol. The van der Waals surface area contributed by atoms with E-state index in [9.17, 15) is 4.79 Å². The van der Waals surface area contributed by atoms with Crippen LogP contribution < -0.4 is 5.32 Å². The zero-order valence-corrected chi connectivity index (χ0v) is 18.2. The number of nitrogens with zero attached hydrogens (tertiary/aromatic N) is 4. The first-order chi connectivity index (χ1) is 15.2. The number of benzene rings is 2. The summed E-state index contributed by atoms with van der Waals surface area (Å²) in [4.78, 5) is 16.6. The Hall–Kier alpha value is -3.16. The lowest BCUT2D eigenvalue weighted by atomic mass is 10.2. The van der Waals surface area contributed by atoms with Gasteiger partial charge in [-0.05, 0) is 36.4 Å². The van der Waals surface area contributed by atoms with E-state index in [1.165, 1.54) is 11.8 Å². The molecule has 4 aromatic rings. The summed E-state index contributed by atoms with van der Waals surface area (Å²) in [6.45, 7) is 0.534. The normalized spacial score (nSPS) is 10.7. The molecule has 8 heteroatoms. The Morgan fingerprint density at radius 2 is 1.74 bits per heavy atom. The molecule has 0 aliphatic rings. The van der Waals surface area contributed by atoms with Gasteiger partial charge < -0.3 is 5.32 Å². The molecule has 0 aliphatic carbocycles. The molecule has 1 amide bonds. The van der Waals surface area contributed by atoms with Gasteiger partial charge in [0, 0.05) is 36.1 Å². The van der Waals surface area contributed by atoms with E-state index < -0.39 is 0 Å².